The van der Waals surface area contributed by atoms with Crippen LogP contribution in [0.4, 0.5) is 10.1 Å². The fraction of sp³-hybridized carbons (Fsp3) is 0.364. The average Bonchev–Trinajstić information content (AvgIpc) is 2.24. The fourth-order valence-corrected chi connectivity index (χ4v) is 1.27. The first-order chi connectivity index (χ1) is 7.54. The lowest BCUT2D eigenvalue weighted by atomic mass is 10.3. The van der Waals surface area contributed by atoms with E-state index in [0.717, 1.165) is 0 Å². The SMILES string of the molecule is CC(C)N=C(NN)N(C)c1cccc(F)c1. The summed E-state index contributed by atoms with van der Waals surface area (Å²) in [5.41, 5.74) is 3.20. The normalized spacial score (nSPS) is 11.8. The van der Waals surface area contributed by atoms with E-state index in [1.807, 2.05) is 13.8 Å². The van der Waals surface area contributed by atoms with Crippen LogP contribution in [0.25, 0.3) is 0 Å². The quantitative estimate of drug-likeness (QED) is 0.346. The molecular weight excluding hydrogens is 207 g/mol. The lowest BCUT2D eigenvalue weighted by Crippen LogP contribution is -2.43. The smallest absolute Gasteiger partial charge is 0.212 e. The van der Waals surface area contributed by atoms with Gasteiger partial charge >= 0.3 is 0 Å². The van der Waals surface area contributed by atoms with Crippen molar-refractivity contribution in [2.45, 2.75) is 19.9 Å². The molecular formula is C11H17FN4. The van der Waals surface area contributed by atoms with Crippen LogP contribution in [0.15, 0.2) is 29.3 Å². The number of nitrogens with two attached hydrogens (primary N) is 1. The van der Waals surface area contributed by atoms with Gasteiger partial charge in [0.1, 0.15) is 5.82 Å². The Balaban J connectivity index is 2.95. The van der Waals surface area contributed by atoms with Crippen LogP contribution in [0.2, 0.25) is 0 Å². The molecule has 88 valence electrons. The minimum atomic E-state index is -0.287. The number of hydrogen-bond donors (Lipinski definition) is 2. The Morgan fingerprint density at radius 3 is 2.69 bits per heavy atom. The molecule has 0 aromatic heterocycles. The van der Waals surface area contributed by atoms with Crippen LogP contribution >= 0.6 is 0 Å². The van der Waals surface area contributed by atoms with Crippen molar-refractivity contribution in [3.05, 3.63) is 30.1 Å². The number of nitrogens with one attached hydrogen (secondary N) is 1. The molecule has 0 saturated carbocycles. The first-order valence-corrected chi connectivity index (χ1v) is 5.08. The number of guanidine groups is 1. The molecule has 1 aromatic carbocycles. The maximum Gasteiger partial charge on any atom is 0.212 e. The van der Waals surface area contributed by atoms with Gasteiger partial charge in [0.15, 0.2) is 0 Å². The van der Waals surface area contributed by atoms with E-state index >= 15 is 0 Å². The topological polar surface area (TPSA) is 53.6 Å². The van der Waals surface area contributed by atoms with Crippen molar-refractivity contribution in [3.63, 3.8) is 0 Å². The molecule has 5 heteroatoms. The van der Waals surface area contributed by atoms with Gasteiger partial charge in [0.05, 0.1) is 0 Å². The number of hydrogen-bond acceptors (Lipinski definition) is 2. The molecule has 0 heterocycles. The molecule has 0 amide bonds. The van der Waals surface area contributed by atoms with Crippen molar-refractivity contribution in [2.24, 2.45) is 10.8 Å². The summed E-state index contributed by atoms with van der Waals surface area (Å²) >= 11 is 0. The van der Waals surface area contributed by atoms with Gasteiger partial charge in [-0.25, -0.2) is 15.2 Å². The summed E-state index contributed by atoms with van der Waals surface area (Å²) in [5.74, 6) is 5.59. The highest BCUT2D eigenvalue weighted by atomic mass is 19.1. The molecule has 0 atom stereocenters. The Morgan fingerprint density at radius 1 is 1.50 bits per heavy atom. The van der Waals surface area contributed by atoms with Gasteiger partial charge in [-0.2, -0.15) is 0 Å². The maximum atomic E-state index is 13.0. The number of aliphatic imine (C=N–C) groups is 1. The standard InChI is InChI=1S/C11H17FN4/c1-8(2)14-11(15-13)16(3)10-6-4-5-9(12)7-10/h4-8H,13H2,1-3H3,(H,14,15). The van der Waals surface area contributed by atoms with Gasteiger partial charge in [0, 0.05) is 18.8 Å². The van der Waals surface area contributed by atoms with E-state index in [0.29, 0.717) is 11.6 Å². The zero-order valence-corrected chi connectivity index (χ0v) is 9.74. The Bertz CT molecular complexity index is 376. The zero-order chi connectivity index (χ0) is 12.1. The number of hydrazine groups is 1. The summed E-state index contributed by atoms with van der Waals surface area (Å²) in [4.78, 5) is 5.98. The Labute approximate surface area is 94.9 Å². The van der Waals surface area contributed by atoms with E-state index in [1.165, 1.54) is 12.1 Å². The number of halogens is 1. The third-order valence-electron chi connectivity index (χ3n) is 2.02. The number of benzene rings is 1. The van der Waals surface area contributed by atoms with E-state index in [2.05, 4.69) is 10.4 Å². The first-order valence-electron chi connectivity index (χ1n) is 5.08. The second-order valence-electron chi connectivity index (χ2n) is 3.73. The molecule has 0 fully saturated rings. The lowest BCUT2D eigenvalue weighted by Gasteiger charge is -2.21. The van der Waals surface area contributed by atoms with E-state index < -0.39 is 0 Å². The highest BCUT2D eigenvalue weighted by Gasteiger charge is 2.08. The highest BCUT2D eigenvalue weighted by molar-refractivity contribution is 5.95. The minimum absolute atomic E-state index is 0.113. The molecule has 0 aliphatic heterocycles. The first kappa shape index (κ1) is 12.4. The third-order valence-corrected chi connectivity index (χ3v) is 2.02. The Kier molecular flexibility index (Phi) is 4.25. The fourth-order valence-electron chi connectivity index (χ4n) is 1.27. The van der Waals surface area contributed by atoms with Gasteiger partial charge in [-0.15, -0.1) is 0 Å². The summed E-state index contributed by atoms with van der Waals surface area (Å²) in [6, 6.07) is 6.36. The summed E-state index contributed by atoms with van der Waals surface area (Å²) in [5, 5.41) is 0. The minimum Gasteiger partial charge on any atom is -0.315 e. The van der Waals surface area contributed by atoms with Crippen LogP contribution in [0.1, 0.15) is 13.8 Å². The number of rotatable bonds is 2. The molecule has 4 nitrogen and oxygen atoms in total. The molecule has 0 bridgehead atoms. The third kappa shape index (κ3) is 3.20. The monoisotopic (exact) mass is 224 g/mol. The van der Waals surface area contributed by atoms with Gasteiger partial charge in [-0.1, -0.05) is 6.07 Å². The van der Waals surface area contributed by atoms with E-state index in [-0.39, 0.29) is 11.9 Å². The maximum absolute atomic E-state index is 13.0. The van der Waals surface area contributed by atoms with Crippen LogP contribution in [0.5, 0.6) is 0 Å². The second kappa shape index (κ2) is 5.46. The molecule has 0 unspecified atom stereocenters. The second-order valence-corrected chi connectivity index (χ2v) is 3.73. The van der Waals surface area contributed by atoms with Crippen LogP contribution < -0.4 is 16.2 Å². The van der Waals surface area contributed by atoms with E-state index in [1.54, 1.807) is 24.1 Å². The lowest BCUT2D eigenvalue weighted by molar-refractivity contribution is 0.628. The largest absolute Gasteiger partial charge is 0.315 e. The van der Waals surface area contributed by atoms with Gasteiger partial charge < -0.3 is 4.90 Å². The van der Waals surface area contributed by atoms with Gasteiger partial charge in [0.2, 0.25) is 5.96 Å². The summed E-state index contributed by atoms with van der Waals surface area (Å²) in [6.45, 7) is 3.88. The van der Waals surface area contributed by atoms with Crippen molar-refractivity contribution < 1.29 is 4.39 Å². The summed E-state index contributed by atoms with van der Waals surface area (Å²) < 4.78 is 13.0. The molecule has 0 spiro atoms. The molecule has 1 aromatic rings. The Morgan fingerprint density at radius 2 is 2.19 bits per heavy atom. The summed E-state index contributed by atoms with van der Waals surface area (Å²) in [7, 11) is 1.77. The molecule has 1 rings (SSSR count). The van der Waals surface area contributed by atoms with Crippen molar-refractivity contribution in [1.29, 1.82) is 0 Å². The zero-order valence-electron chi connectivity index (χ0n) is 9.74. The van der Waals surface area contributed by atoms with Crippen LogP contribution in [-0.4, -0.2) is 19.0 Å². The molecule has 16 heavy (non-hydrogen) atoms. The van der Waals surface area contributed by atoms with E-state index in [9.17, 15) is 4.39 Å². The predicted molar refractivity (Wildman–Crippen MR) is 64.7 cm³/mol. The molecule has 0 radical (unpaired) electrons. The van der Waals surface area contributed by atoms with Crippen molar-refractivity contribution >= 4 is 11.6 Å². The molecule has 0 saturated heterocycles. The van der Waals surface area contributed by atoms with E-state index in [4.69, 9.17) is 5.84 Å². The van der Waals surface area contributed by atoms with Crippen molar-refractivity contribution in [3.8, 4) is 0 Å². The van der Waals surface area contributed by atoms with Gasteiger partial charge in [0.25, 0.3) is 0 Å². The van der Waals surface area contributed by atoms with Crippen molar-refractivity contribution in [2.75, 3.05) is 11.9 Å². The van der Waals surface area contributed by atoms with Gasteiger partial charge in [-0.3, -0.25) is 5.43 Å². The average molecular weight is 224 g/mol. The van der Waals surface area contributed by atoms with Crippen molar-refractivity contribution in [1.82, 2.24) is 5.43 Å². The van der Waals surface area contributed by atoms with Crippen LogP contribution in [-0.2, 0) is 0 Å². The predicted octanol–water partition coefficient (Wildman–Crippen LogP) is 1.49. The van der Waals surface area contributed by atoms with Crippen LogP contribution in [0.3, 0.4) is 0 Å². The van der Waals surface area contributed by atoms with Crippen LogP contribution in [0, 0.1) is 5.82 Å². The number of anilines is 1. The number of nitrogens with zero attached hydrogens (tertiary/aromatic N) is 2. The highest BCUT2D eigenvalue weighted by Crippen LogP contribution is 2.13. The molecule has 0 aliphatic carbocycles. The van der Waals surface area contributed by atoms with Gasteiger partial charge in [-0.05, 0) is 32.0 Å². The molecule has 0 aliphatic rings. The Hall–Kier alpha value is -1.62. The summed E-state index contributed by atoms with van der Waals surface area (Å²) in [6.07, 6.45) is 0. The molecule has 3 N–H and O–H groups in total.